The summed E-state index contributed by atoms with van der Waals surface area (Å²) in [5.41, 5.74) is 0. The molecule has 0 spiro atoms. The van der Waals surface area contributed by atoms with Crippen molar-refractivity contribution in [3.05, 3.63) is 5.28 Å². The second kappa shape index (κ2) is 5.49. The predicted molar refractivity (Wildman–Crippen MR) is 66.7 cm³/mol. The molecule has 1 fully saturated rings. The molecule has 0 aromatic carbocycles. The molecule has 1 saturated heterocycles. The van der Waals surface area contributed by atoms with E-state index in [-0.39, 0.29) is 11.4 Å². The third kappa shape index (κ3) is 3.43. The minimum absolute atomic E-state index is 0.0303. The molecule has 1 aromatic rings. The van der Waals surface area contributed by atoms with Gasteiger partial charge in [-0.1, -0.05) is 0 Å². The van der Waals surface area contributed by atoms with Crippen LogP contribution in [0.4, 0.5) is 5.95 Å². The largest absolute Gasteiger partial charge is 0.461 e. The molecule has 5 nitrogen and oxygen atoms in total. The van der Waals surface area contributed by atoms with Crippen molar-refractivity contribution in [1.82, 2.24) is 15.0 Å². The van der Waals surface area contributed by atoms with E-state index in [2.05, 4.69) is 19.9 Å². The average molecular weight is 257 g/mol. The molecule has 1 aliphatic rings. The molecule has 94 valence electrons. The maximum Gasteiger partial charge on any atom is 0.322 e. The molecule has 17 heavy (non-hydrogen) atoms. The molecular weight excluding hydrogens is 240 g/mol. The lowest BCUT2D eigenvalue weighted by atomic mass is 10.1. The summed E-state index contributed by atoms with van der Waals surface area (Å²) >= 11 is 5.88. The topological polar surface area (TPSA) is 51.1 Å². The highest BCUT2D eigenvalue weighted by atomic mass is 35.5. The fraction of sp³-hybridized carbons (Fsp3) is 0.727. The van der Waals surface area contributed by atoms with E-state index in [1.807, 2.05) is 13.8 Å². The van der Waals surface area contributed by atoms with Gasteiger partial charge in [0.05, 0.1) is 6.10 Å². The summed E-state index contributed by atoms with van der Waals surface area (Å²) in [6.45, 7) is 5.81. The van der Waals surface area contributed by atoms with Gasteiger partial charge in [0.25, 0.3) is 0 Å². The maximum absolute atomic E-state index is 5.88. The Hall–Kier alpha value is -1.10. The van der Waals surface area contributed by atoms with Crippen molar-refractivity contribution in [2.75, 3.05) is 18.0 Å². The number of hydrogen-bond acceptors (Lipinski definition) is 5. The molecule has 1 aliphatic heterocycles. The number of rotatable bonds is 3. The van der Waals surface area contributed by atoms with Gasteiger partial charge in [0, 0.05) is 13.1 Å². The van der Waals surface area contributed by atoms with Gasteiger partial charge in [-0.2, -0.15) is 15.0 Å². The van der Waals surface area contributed by atoms with Gasteiger partial charge >= 0.3 is 6.01 Å². The van der Waals surface area contributed by atoms with E-state index in [1.165, 1.54) is 19.3 Å². The fourth-order valence-electron chi connectivity index (χ4n) is 1.82. The number of aromatic nitrogens is 3. The lowest BCUT2D eigenvalue weighted by Crippen LogP contribution is -2.31. The van der Waals surface area contributed by atoms with Crippen molar-refractivity contribution < 1.29 is 4.74 Å². The Morgan fingerprint density at radius 1 is 1.12 bits per heavy atom. The van der Waals surface area contributed by atoms with E-state index in [4.69, 9.17) is 16.3 Å². The van der Waals surface area contributed by atoms with Gasteiger partial charge in [0.1, 0.15) is 0 Å². The van der Waals surface area contributed by atoms with Crippen molar-refractivity contribution in [2.45, 2.75) is 39.2 Å². The normalized spacial score (nSPS) is 16.4. The van der Waals surface area contributed by atoms with Gasteiger partial charge in [-0.25, -0.2) is 0 Å². The monoisotopic (exact) mass is 256 g/mol. The zero-order valence-corrected chi connectivity index (χ0v) is 10.9. The highest BCUT2D eigenvalue weighted by Crippen LogP contribution is 2.19. The van der Waals surface area contributed by atoms with Crippen LogP contribution in [0, 0.1) is 0 Å². The minimum atomic E-state index is 0.0303. The van der Waals surface area contributed by atoms with Crippen LogP contribution in [0.15, 0.2) is 0 Å². The van der Waals surface area contributed by atoms with E-state index in [1.54, 1.807) is 0 Å². The second-order valence-electron chi connectivity index (χ2n) is 4.40. The Labute approximate surface area is 106 Å². The van der Waals surface area contributed by atoms with Gasteiger partial charge in [-0.3, -0.25) is 0 Å². The van der Waals surface area contributed by atoms with Crippen LogP contribution in [0.2, 0.25) is 5.28 Å². The van der Waals surface area contributed by atoms with Gasteiger partial charge in [-0.05, 0) is 44.7 Å². The third-order valence-electron chi connectivity index (χ3n) is 2.56. The Bertz CT molecular complexity index is 380. The number of ether oxygens (including phenoxy) is 1. The number of nitrogens with zero attached hydrogens (tertiary/aromatic N) is 4. The van der Waals surface area contributed by atoms with Crippen LogP contribution in [0.25, 0.3) is 0 Å². The lowest BCUT2D eigenvalue weighted by molar-refractivity contribution is 0.221. The smallest absolute Gasteiger partial charge is 0.322 e. The zero-order valence-electron chi connectivity index (χ0n) is 10.2. The molecule has 1 aromatic heterocycles. The first kappa shape index (κ1) is 12.4. The van der Waals surface area contributed by atoms with Crippen LogP contribution in [-0.2, 0) is 0 Å². The van der Waals surface area contributed by atoms with E-state index in [0.717, 1.165) is 13.1 Å². The van der Waals surface area contributed by atoms with Gasteiger partial charge in [0.2, 0.25) is 11.2 Å². The van der Waals surface area contributed by atoms with E-state index in [0.29, 0.717) is 12.0 Å². The van der Waals surface area contributed by atoms with E-state index >= 15 is 0 Å². The molecule has 2 heterocycles. The lowest BCUT2D eigenvalue weighted by Gasteiger charge is -2.26. The van der Waals surface area contributed by atoms with Crippen LogP contribution < -0.4 is 9.64 Å². The molecule has 0 bridgehead atoms. The first-order chi connectivity index (χ1) is 8.15. The van der Waals surface area contributed by atoms with Crippen LogP contribution >= 0.6 is 11.6 Å². The number of anilines is 1. The van der Waals surface area contributed by atoms with E-state index in [9.17, 15) is 0 Å². The minimum Gasteiger partial charge on any atom is -0.461 e. The summed E-state index contributed by atoms with van der Waals surface area (Å²) in [4.78, 5) is 14.5. The molecule has 2 rings (SSSR count). The van der Waals surface area contributed by atoms with Gasteiger partial charge in [0.15, 0.2) is 0 Å². The summed E-state index contributed by atoms with van der Waals surface area (Å²) in [5, 5.41) is 0.191. The van der Waals surface area contributed by atoms with Gasteiger partial charge < -0.3 is 9.64 Å². The summed E-state index contributed by atoms with van der Waals surface area (Å²) < 4.78 is 5.45. The molecule has 0 radical (unpaired) electrons. The Morgan fingerprint density at radius 2 is 1.82 bits per heavy atom. The zero-order chi connectivity index (χ0) is 12.3. The van der Waals surface area contributed by atoms with E-state index < -0.39 is 0 Å². The molecule has 0 aliphatic carbocycles. The van der Waals surface area contributed by atoms with Crippen molar-refractivity contribution in [1.29, 1.82) is 0 Å². The molecule has 0 atom stereocenters. The summed E-state index contributed by atoms with van der Waals surface area (Å²) in [6.07, 6.45) is 3.64. The molecule has 0 amide bonds. The van der Waals surface area contributed by atoms with Crippen molar-refractivity contribution in [3.8, 4) is 6.01 Å². The summed E-state index contributed by atoms with van der Waals surface area (Å²) in [5.74, 6) is 0.625. The van der Waals surface area contributed by atoms with Crippen LogP contribution in [-0.4, -0.2) is 34.1 Å². The fourth-order valence-corrected chi connectivity index (χ4v) is 1.97. The highest BCUT2D eigenvalue weighted by molar-refractivity contribution is 6.28. The van der Waals surface area contributed by atoms with Crippen molar-refractivity contribution in [3.63, 3.8) is 0 Å². The molecule has 6 heteroatoms. The first-order valence-electron chi connectivity index (χ1n) is 5.98. The first-order valence-corrected chi connectivity index (χ1v) is 6.36. The highest BCUT2D eigenvalue weighted by Gasteiger charge is 2.16. The average Bonchev–Trinajstić information content (AvgIpc) is 2.28. The van der Waals surface area contributed by atoms with Crippen LogP contribution in [0.1, 0.15) is 33.1 Å². The molecule has 0 saturated carbocycles. The quantitative estimate of drug-likeness (QED) is 0.831. The predicted octanol–water partition coefficient (Wildman–Crippen LogP) is 2.30. The second-order valence-corrected chi connectivity index (χ2v) is 4.74. The third-order valence-corrected chi connectivity index (χ3v) is 2.72. The number of piperidine rings is 1. The standard InChI is InChI=1S/C11H17ClN4O/c1-8(2)17-11-14-9(12)13-10(15-11)16-6-4-3-5-7-16/h8H,3-7H2,1-2H3. The maximum atomic E-state index is 5.88. The Morgan fingerprint density at radius 3 is 2.47 bits per heavy atom. The Balaban J connectivity index is 2.18. The Kier molecular flexibility index (Phi) is 3.99. The number of halogens is 1. The molecular formula is C11H17ClN4O. The van der Waals surface area contributed by atoms with Gasteiger partial charge in [-0.15, -0.1) is 0 Å². The number of hydrogen-bond donors (Lipinski definition) is 0. The summed E-state index contributed by atoms with van der Waals surface area (Å²) in [6, 6.07) is 0.306. The molecule has 0 unspecified atom stereocenters. The van der Waals surface area contributed by atoms with Crippen molar-refractivity contribution >= 4 is 17.5 Å². The van der Waals surface area contributed by atoms with Crippen LogP contribution in [0.5, 0.6) is 6.01 Å². The van der Waals surface area contributed by atoms with Crippen molar-refractivity contribution in [2.24, 2.45) is 0 Å². The SMILES string of the molecule is CC(C)Oc1nc(Cl)nc(N2CCCCC2)n1. The van der Waals surface area contributed by atoms with Crippen LogP contribution in [0.3, 0.4) is 0 Å². The molecule has 0 N–H and O–H groups in total. The summed E-state index contributed by atoms with van der Waals surface area (Å²) in [7, 11) is 0.